The lowest BCUT2D eigenvalue weighted by Gasteiger charge is -2.21. The van der Waals surface area contributed by atoms with Crippen LogP contribution in [0, 0.1) is 0 Å². The van der Waals surface area contributed by atoms with Crippen LogP contribution in [-0.4, -0.2) is 23.0 Å². The SMILES string of the molecule is CC(Oc1c(C(=O)NC(Cc2ccccc2)C(=O)O)ccc2ccccc12)c1ccc(Br)cc1. The standard InChI is InChI=1S/C28H24BrNO4/c1-18(20-11-14-22(29)15-12-20)34-26-23-10-6-5-9-21(23)13-16-24(26)27(31)30-25(28(32)33)17-19-7-3-2-4-8-19/h2-16,18,25H,17H2,1H3,(H,30,31)(H,32,33). The summed E-state index contributed by atoms with van der Waals surface area (Å²) in [5, 5.41) is 14.1. The Bertz CT molecular complexity index is 1310. The van der Waals surface area contributed by atoms with Crippen LogP contribution >= 0.6 is 15.9 Å². The fourth-order valence-corrected chi connectivity index (χ4v) is 4.08. The first kappa shape index (κ1) is 23.5. The molecule has 0 aliphatic rings. The van der Waals surface area contributed by atoms with Gasteiger partial charge in [0.25, 0.3) is 5.91 Å². The molecule has 5 nitrogen and oxygen atoms in total. The van der Waals surface area contributed by atoms with Crippen molar-refractivity contribution in [2.24, 2.45) is 0 Å². The molecule has 2 unspecified atom stereocenters. The van der Waals surface area contributed by atoms with E-state index in [1.54, 1.807) is 6.07 Å². The smallest absolute Gasteiger partial charge is 0.326 e. The van der Waals surface area contributed by atoms with E-state index < -0.39 is 17.9 Å². The lowest BCUT2D eigenvalue weighted by Crippen LogP contribution is -2.42. The van der Waals surface area contributed by atoms with Gasteiger partial charge in [-0.3, -0.25) is 4.79 Å². The van der Waals surface area contributed by atoms with Gasteiger partial charge in [-0.25, -0.2) is 4.79 Å². The fraction of sp³-hybridized carbons (Fsp3) is 0.143. The topological polar surface area (TPSA) is 75.6 Å². The predicted molar refractivity (Wildman–Crippen MR) is 136 cm³/mol. The molecule has 4 rings (SSSR count). The van der Waals surface area contributed by atoms with E-state index in [2.05, 4.69) is 21.2 Å². The van der Waals surface area contributed by atoms with E-state index in [0.717, 1.165) is 26.4 Å². The number of carbonyl (C=O) groups excluding carboxylic acids is 1. The van der Waals surface area contributed by atoms with Crippen LogP contribution in [0.5, 0.6) is 5.75 Å². The van der Waals surface area contributed by atoms with Crippen molar-refractivity contribution >= 4 is 38.6 Å². The number of hydrogen-bond acceptors (Lipinski definition) is 3. The molecule has 0 aliphatic heterocycles. The molecule has 0 fully saturated rings. The summed E-state index contributed by atoms with van der Waals surface area (Å²) in [5.74, 6) is -1.16. The van der Waals surface area contributed by atoms with Gasteiger partial charge < -0.3 is 15.2 Å². The maximum absolute atomic E-state index is 13.3. The number of benzene rings is 4. The number of halogens is 1. The summed E-state index contributed by atoms with van der Waals surface area (Å²) >= 11 is 3.44. The van der Waals surface area contributed by atoms with E-state index >= 15 is 0 Å². The van der Waals surface area contributed by atoms with Gasteiger partial charge in [-0.05, 0) is 41.6 Å². The normalized spacial score (nSPS) is 12.6. The van der Waals surface area contributed by atoms with Crippen molar-refractivity contribution in [2.45, 2.75) is 25.5 Å². The minimum atomic E-state index is -1.09. The molecule has 0 heterocycles. The van der Waals surface area contributed by atoms with Crippen molar-refractivity contribution in [1.82, 2.24) is 5.32 Å². The second-order valence-corrected chi connectivity index (χ2v) is 8.94. The molecule has 0 saturated carbocycles. The Morgan fingerprint density at radius 3 is 2.29 bits per heavy atom. The summed E-state index contributed by atoms with van der Waals surface area (Å²) < 4.78 is 7.31. The van der Waals surface area contributed by atoms with Crippen LogP contribution in [0.25, 0.3) is 10.8 Å². The van der Waals surface area contributed by atoms with Gasteiger partial charge in [0.05, 0.1) is 5.56 Å². The number of hydrogen-bond donors (Lipinski definition) is 2. The van der Waals surface area contributed by atoms with E-state index in [9.17, 15) is 14.7 Å². The molecule has 0 spiro atoms. The molecule has 0 radical (unpaired) electrons. The number of fused-ring (bicyclic) bond motifs is 1. The first-order valence-corrected chi connectivity index (χ1v) is 11.7. The fourth-order valence-electron chi connectivity index (χ4n) is 3.81. The maximum atomic E-state index is 13.3. The quantitative estimate of drug-likeness (QED) is 0.293. The molecule has 0 aliphatic carbocycles. The molecular formula is C28H24BrNO4. The predicted octanol–water partition coefficient (Wildman–Crippen LogP) is 6.17. The number of ether oxygens (including phenoxy) is 1. The Morgan fingerprint density at radius 2 is 1.59 bits per heavy atom. The second-order valence-electron chi connectivity index (χ2n) is 8.03. The third-order valence-electron chi connectivity index (χ3n) is 5.64. The van der Waals surface area contributed by atoms with E-state index in [1.807, 2.05) is 91.9 Å². The Kier molecular flexibility index (Phi) is 7.28. The van der Waals surface area contributed by atoms with E-state index in [4.69, 9.17) is 4.74 Å². The molecular weight excluding hydrogens is 494 g/mol. The summed E-state index contributed by atoms with van der Waals surface area (Å²) in [5.41, 5.74) is 2.08. The minimum Gasteiger partial charge on any atom is -0.485 e. The van der Waals surface area contributed by atoms with Gasteiger partial charge in [-0.1, -0.05) is 88.7 Å². The number of nitrogens with one attached hydrogen (secondary N) is 1. The van der Waals surface area contributed by atoms with Gasteiger partial charge in [-0.2, -0.15) is 0 Å². The van der Waals surface area contributed by atoms with Gasteiger partial charge in [-0.15, -0.1) is 0 Å². The van der Waals surface area contributed by atoms with Crippen LogP contribution in [0.15, 0.2) is 95.5 Å². The van der Waals surface area contributed by atoms with Crippen molar-refractivity contribution in [2.75, 3.05) is 0 Å². The molecule has 4 aromatic carbocycles. The molecule has 2 atom stereocenters. The Labute approximate surface area is 206 Å². The van der Waals surface area contributed by atoms with E-state index in [1.165, 1.54) is 0 Å². The highest BCUT2D eigenvalue weighted by Crippen LogP contribution is 2.34. The van der Waals surface area contributed by atoms with Gasteiger partial charge in [0.1, 0.15) is 17.9 Å². The molecule has 0 bridgehead atoms. The summed E-state index contributed by atoms with van der Waals surface area (Å²) in [7, 11) is 0. The van der Waals surface area contributed by atoms with Crippen LogP contribution < -0.4 is 10.1 Å². The summed E-state index contributed by atoms with van der Waals surface area (Å²) in [6.45, 7) is 1.92. The van der Waals surface area contributed by atoms with Gasteiger partial charge >= 0.3 is 5.97 Å². The van der Waals surface area contributed by atoms with Crippen molar-refractivity contribution in [3.63, 3.8) is 0 Å². The highest BCUT2D eigenvalue weighted by atomic mass is 79.9. The molecule has 0 saturated heterocycles. The van der Waals surface area contributed by atoms with Crippen LogP contribution in [-0.2, 0) is 11.2 Å². The van der Waals surface area contributed by atoms with Crippen molar-refractivity contribution in [3.8, 4) is 5.75 Å². The summed E-state index contributed by atoms with van der Waals surface area (Å²) in [6.07, 6.45) is -0.147. The van der Waals surface area contributed by atoms with Crippen LogP contribution in [0.1, 0.15) is 34.5 Å². The van der Waals surface area contributed by atoms with Crippen molar-refractivity contribution < 1.29 is 19.4 Å². The lowest BCUT2D eigenvalue weighted by atomic mass is 10.0. The monoisotopic (exact) mass is 517 g/mol. The zero-order valence-electron chi connectivity index (χ0n) is 18.6. The van der Waals surface area contributed by atoms with Crippen LogP contribution in [0.2, 0.25) is 0 Å². The number of amides is 1. The Hall–Kier alpha value is -3.64. The van der Waals surface area contributed by atoms with Crippen LogP contribution in [0.3, 0.4) is 0 Å². The Morgan fingerprint density at radius 1 is 0.912 bits per heavy atom. The number of aliphatic carboxylic acids is 1. The molecule has 6 heteroatoms. The van der Waals surface area contributed by atoms with Gasteiger partial charge in [0.2, 0.25) is 0 Å². The van der Waals surface area contributed by atoms with Gasteiger partial charge in [0, 0.05) is 16.3 Å². The summed E-state index contributed by atoms with van der Waals surface area (Å²) in [4.78, 5) is 25.2. The second kappa shape index (κ2) is 10.5. The average Bonchev–Trinajstić information content (AvgIpc) is 2.84. The first-order chi connectivity index (χ1) is 16.4. The summed E-state index contributed by atoms with van der Waals surface area (Å²) in [6, 6.07) is 27.1. The third-order valence-corrected chi connectivity index (χ3v) is 6.17. The molecule has 34 heavy (non-hydrogen) atoms. The molecule has 1 amide bonds. The average molecular weight is 518 g/mol. The maximum Gasteiger partial charge on any atom is 0.326 e. The van der Waals surface area contributed by atoms with E-state index in [0.29, 0.717) is 11.3 Å². The highest BCUT2D eigenvalue weighted by Gasteiger charge is 2.24. The highest BCUT2D eigenvalue weighted by molar-refractivity contribution is 9.10. The lowest BCUT2D eigenvalue weighted by molar-refractivity contribution is -0.139. The van der Waals surface area contributed by atoms with Crippen LogP contribution in [0.4, 0.5) is 0 Å². The molecule has 0 aromatic heterocycles. The van der Waals surface area contributed by atoms with E-state index in [-0.39, 0.29) is 12.5 Å². The first-order valence-electron chi connectivity index (χ1n) is 10.9. The number of carboxylic acids is 1. The molecule has 4 aromatic rings. The largest absolute Gasteiger partial charge is 0.485 e. The molecule has 2 N–H and O–H groups in total. The number of rotatable bonds is 8. The zero-order chi connectivity index (χ0) is 24.1. The molecule has 172 valence electrons. The Balaban J connectivity index is 1.66. The van der Waals surface area contributed by atoms with Gasteiger partial charge in [0.15, 0.2) is 0 Å². The third kappa shape index (κ3) is 5.46. The van der Waals surface area contributed by atoms with Crippen molar-refractivity contribution in [3.05, 3.63) is 112 Å². The number of carbonyl (C=O) groups is 2. The van der Waals surface area contributed by atoms with Crippen molar-refractivity contribution in [1.29, 1.82) is 0 Å². The number of carboxylic acid groups (broad SMARTS) is 1. The minimum absolute atomic E-state index is 0.182. The zero-order valence-corrected chi connectivity index (χ0v) is 20.2.